The number of carbonyl (C=O) groups excluding carboxylic acids is 1. The summed E-state index contributed by atoms with van der Waals surface area (Å²) >= 11 is 6.34. The number of allylic oxidation sites excluding steroid dienone is 1. The van der Waals surface area contributed by atoms with Gasteiger partial charge in [0.05, 0.1) is 10.9 Å². The van der Waals surface area contributed by atoms with Crippen molar-refractivity contribution in [2.24, 2.45) is 17.8 Å². The predicted molar refractivity (Wildman–Crippen MR) is 176 cm³/mol. The largest absolute Gasteiger partial charge is 0.487 e. The van der Waals surface area contributed by atoms with E-state index in [2.05, 4.69) is 21.5 Å². The third kappa shape index (κ3) is 6.80. The molecular formula is C35H43ClN2O5S. The van der Waals surface area contributed by atoms with Crippen molar-refractivity contribution in [2.45, 2.75) is 76.8 Å². The van der Waals surface area contributed by atoms with Gasteiger partial charge in [0.15, 0.2) is 0 Å². The Morgan fingerprint density at radius 2 is 1.93 bits per heavy atom. The molecule has 1 fully saturated rings. The second-order valence-electron chi connectivity index (χ2n) is 12.4. The lowest BCUT2D eigenvalue weighted by Crippen LogP contribution is -2.50. The summed E-state index contributed by atoms with van der Waals surface area (Å²) in [4.78, 5) is 15.7. The number of carbonyl (C=O) groups is 1. The van der Waals surface area contributed by atoms with Crippen LogP contribution in [-0.4, -0.2) is 45.4 Å². The zero-order valence-corrected chi connectivity index (χ0v) is 27.6. The van der Waals surface area contributed by atoms with Gasteiger partial charge in [0, 0.05) is 36.7 Å². The molecule has 1 amide bonds. The summed E-state index contributed by atoms with van der Waals surface area (Å²) in [5.74, 6) is 6.71. The summed E-state index contributed by atoms with van der Waals surface area (Å²) in [6.07, 6.45) is 9.34. The molecule has 236 valence electrons. The summed E-state index contributed by atoms with van der Waals surface area (Å²) < 4.78 is 41.6. The number of fused-ring (bicyclic) bond motifs is 3. The predicted octanol–water partition coefficient (Wildman–Crippen LogP) is 6.54. The van der Waals surface area contributed by atoms with Gasteiger partial charge in [0.2, 0.25) is 10.0 Å². The average Bonchev–Trinajstić information content (AvgIpc) is 3.01. The Morgan fingerprint density at radius 1 is 1.11 bits per heavy atom. The fourth-order valence-electron chi connectivity index (χ4n) is 6.67. The van der Waals surface area contributed by atoms with Crippen LogP contribution in [0.5, 0.6) is 5.75 Å². The average molecular weight is 639 g/mol. The number of hydrogen-bond acceptors (Lipinski definition) is 6. The van der Waals surface area contributed by atoms with Crippen LogP contribution in [0.25, 0.3) is 0 Å². The number of aryl methyl sites for hydroxylation is 1. The third-order valence-corrected chi connectivity index (χ3v) is 11.9. The minimum Gasteiger partial charge on any atom is -0.487 e. The molecule has 9 heteroatoms. The molecule has 2 bridgehead atoms. The first-order valence-corrected chi connectivity index (χ1v) is 17.5. The smallest absolute Gasteiger partial charge is 0.264 e. The summed E-state index contributed by atoms with van der Waals surface area (Å²) in [6.45, 7) is 7.21. The monoisotopic (exact) mass is 638 g/mol. The summed E-state index contributed by atoms with van der Waals surface area (Å²) in [5.41, 5.74) is 2.56. The molecular weight excluding hydrogens is 596 g/mol. The number of sulfonamides is 1. The van der Waals surface area contributed by atoms with Crippen molar-refractivity contribution in [1.29, 1.82) is 0 Å². The van der Waals surface area contributed by atoms with Crippen molar-refractivity contribution in [3.8, 4) is 17.6 Å². The van der Waals surface area contributed by atoms with Gasteiger partial charge in [-0.3, -0.25) is 4.79 Å². The number of halogens is 1. The molecule has 0 aromatic heterocycles. The van der Waals surface area contributed by atoms with E-state index in [9.17, 15) is 13.2 Å². The van der Waals surface area contributed by atoms with E-state index in [4.69, 9.17) is 21.1 Å². The number of rotatable bonds is 1. The number of benzene rings is 2. The van der Waals surface area contributed by atoms with Crippen LogP contribution in [-0.2, 0) is 27.8 Å². The highest BCUT2D eigenvalue weighted by Gasteiger charge is 2.46. The molecule has 0 radical (unpaired) electrons. The van der Waals surface area contributed by atoms with E-state index in [0.717, 1.165) is 56.4 Å². The Balaban J connectivity index is 1.59. The minimum absolute atomic E-state index is 0.168. The SMILES string of the molecule is CC#C[C@]1(OC)/C=C/C[C@H](C)[C@@H](C)S(=O)(=O)NC(=O)c2ccc3c(c2)N(CCCCc2cc(Cl)ccc2CO3)C[C@@H]2CC[C@H]21. The van der Waals surface area contributed by atoms with Crippen molar-refractivity contribution < 1.29 is 22.7 Å². The van der Waals surface area contributed by atoms with Gasteiger partial charge >= 0.3 is 0 Å². The lowest BCUT2D eigenvalue weighted by Gasteiger charge is -2.47. The number of amides is 1. The van der Waals surface area contributed by atoms with Gasteiger partial charge in [0.25, 0.3) is 5.91 Å². The standard InChI is InChI=1S/C35H43ClN2O5S/c1-5-17-35(42-4)18-8-9-24(2)25(3)44(40,41)37-34(39)27-13-16-33-32(21-27)38(22-28-12-15-31(28)35)19-7-6-10-26-20-30(36)14-11-29(26)23-43-33/h8,11,13-14,16,18,20-21,24-25,28,31H,6-7,9-10,12,15,19,22-23H2,1-4H3,(H,37,39)/b18-8+/t24-,25+,28-,31+,35-/m0/s1. The molecule has 0 saturated heterocycles. The third-order valence-electron chi connectivity index (χ3n) is 9.72. The molecule has 5 atom stereocenters. The molecule has 5 rings (SSSR count). The van der Waals surface area contributed by atoms with E-state index < -0.39 is 26.8 Å². The number of hydrogen-bond donors (Lipinski definition) is 1. The number of nitrogens with one attached hydrogen (secondary N) is 1. The first-order valence-electron chi connectivity index (χ1n) is 15.6. The summed E-state index contributed by atoms with van der Waals surface area (Å²) in [5, 5.41) is -0.0794. The highest BCUT2D eigenvalue weighted by atomic mass is 35.5. The van der Waals surface area contributed by atoms with Gasteiger partial charge in [-0.1, -0.05) is 36.6 Å². The van der Waals surface area contributed by atoms with Crippen LogP contribution in [0.1, 0.15) is 74.4 Å². The Hall–Kier alpha value is -2.99. The fourth-order valence-corrected chi connectivity index (χ4v) is 8.15. The molecule has 7 nitrogen and oxygen atoms in total. The number of methoxy groups -OCH3 is 1. The minimum atomic E-state index is -3.94. The van der Waals surface area contributed by atoms with E-state index >= 15 is 0 Å². The number of nitrogens with zero attached hydrogens (tertiary/aromatic N) is 1. The number of anilines is 1. The zero-order chi connectivity index (χ0) is 31.5. The van der Waals surface area contributed by atoms with Crippen LogP contribution in [0, 0.1) is 29.6 Å². The maximum absolute atomic E-state index is 13.4. The second kappa shape index (κ2) is 13.6. The molecule has 1 saturated carbocycles. The normalized spacial score (nSPS) is 29.6. The highest BCUT2D eigenvalue weighted by Crippen LogP contribution is 2.46. The van der Waals surface area contributed by atoms with E-state index in [1.54, 1.807) is 32.2 Å². The second-order valence-corrected chi connectivity index (χ2v) is 14.9. The lowest BCUT2D eigenvalue weighted by molar-refractivity contribution is -0.0349. The maximum Gasteiger partial charge on any atom is 0.264 e. The van der Waals surface area contributed by atoms with Gasteiger partial charge in [-0.15, -0.1) is 5.92 Å². The van der Waals surface area contributed by atoms with Crippen LogP contribution in [0.2, 0.25) is 5.02 Å². The van der Waals surface area contributed by atoms with Crippen molar-refractivity contribution in [3.63, 3.8) is 0 Å². The Bertz CT molecular complexity index is 1580. The van der Waals surface area contributed by atoms with Crippen LogP contribution in [0.4, 0.5) is 5.69 Å². The van der Waals surface area contributed by atoms with Crippen molar-refractivity contribution in [1.82, 2.24) is 4.72 Å². The molecule has 2 aromatic carbocycles. The number of ether oxygens (including phenoxy) is 2. The maximum atomic E-state index is 13.4. The molecule has 1 N–H and O–H groups in total. The van der Waals surface area contributed by atoms with E-state index in [-0.39, 0.29) is 17.4 Å². The molecule has 2 aromatic rings. The van der Waals surface area contributed by atoms with Crippen LogP contribution >= 0.6 is 11.6 Å². The summed E-state index contributed by atoms with van der Waals surface area (Å²) in [6, 6.07) is 11.1. The van der Waals surface area contributed by atoms with Gasteiger partial charge < -0.3 is 14.4 Å². The highest BCUT2D eigenvalue weighted by molar-refractivity contribution is 7.90. The Kier molecular flexibility index (Phi) is 9.99. The van der Waals surface area contributed by atoms with Gasteiger partial charge in [-0.25, -0.2) is 13.1 Å². The Morgan fingerprint density at radius 3 is 2.66 bits per heavy atom. The molecule has 1 aliphatic carbocycles. The Labute approximate surface area is 267 Å². The van der Waals surface area contributed by atoms with Crippen molar-refractivity contribution in [3.05, 3.63) is 70.3 Å². The van der Waals surface area contributed by atoms with Crippen LogP contribution in [0.3, 0.4) is 0 Å². The van der Waals surface area contributed by atoms with Gasteiger partial charge in [0.1, 0.15) is 18.0 Å². The quantitative estimate of drug-likeness (QED) is 0.282. The van der Waals surface area contributed by atoms with E-state index in [1.807, 2.05) is 44.2 Å². The van der Waals surface area contributed by atoms with Gasteiger partial charge in [-0.2, -0.15) is 0 Å². The van der Waals surface area contributed by atoms with Crippen molar-refractivity contribution >= 4 is 33.2 Å². The molecule has 0 spiro atoms. The van der Waals surface area contributed by atoms with Crippen LogP contribution in [0.15, 0.2) is 48.6 Å². The van der Waals surface area contributed by atoms with E-state index in [0.29, 0.717) is 29.7 Å². The van der Waals surface area contributed by atoms with E-state index in [1.165, 1.54) is 5.56 Å². The first kappa shape index (κ1) is 32.4. The van der Waals surface area contributed by atoms with Crippen LogP contribution < -0.4 is 14.4 Å². The summed E-state index contributed by atoms with van der Waals surface area (Å²) in [7, 11) is -2.23. The fraction of sp³-hybridized carbons (Fsp3) is 0.514. The topological polar surface area (TPSA) is 84.9 Å². The zero-order valence-electron chi connectivity index (χ0n) is 26.1. The molecule has 3 aliphatic rings. The molecule has 2 heterocycles. The molecule has 44 heavy (non-hydrogen) atoms. The first-order chi connectivity index (χ1) is 21.1. The van der Waals surface area contributed by atoms with Crippen molar-refractivity contribution in [2.75, 3.05) is 25.1 Å². The molecule has 0 unspecified atom stereocenters. The molecule has 2 aliphatic heterocycles. The van der Waals surface area contributed by atoms with Gasteiger partial charge in [-0.05, 0) is 112 Å². The lowest BCUT2D eigenvalue weighted by atomic mass is 9.64.